The summed E-state index contributed by atoms with van der Waals surface area (Å²) in [6.07, 6.45) is 0. The van der Waals surface area contributed by atoms with E-state index in [1.807, 2.05) is 31.2 Å². The molecule has 0 bridgehead atoms. The Bertz CT molecular complexity index is 1020. The monoisotopic (exact) mass is 390 g/mol. The van der Waals surface area contributed by atoms with Gasteiger partial charge in [-0.3, -0.25) is 9.36 Å². The maximum Gasteiger partial charge on any atom is 0.264 e. The summed E-state index contributed by atoms with van der Waals surface area (Å²) in [4.78, 5) is 18.0. The number of rotatable bonds is 4. The number of halogens is 2. The molecule has 0 fully saturated rings. The van der Waals surface area contributed by atoms with Gasteiger partial charge in [0.05, 0.1) is 23.3 Å². The highest BCUT2D eigenvalue weighted by Crippen LogP contribution is 2.27. The molecule has 3 aromatic rings. The molecule has 0 N–H and O–H groups in total. The summed E-state index contributed by atoms with van der Waals surface area (Å²) in [5.74, 6) is -0.0159. The van der Waals surface area contributed by atoms with E-state index in [0.717, 1.165) is 22.5 Å². The smallest absolute Gasteiger partial charge is 0.264 e. The number of hydrogen-bond donors (Lipinski definition) is 0. The molecule has 0 saturated carbocycles. The van der Waals surface area contributed by atoms with E-state index in [9.17, 15) is 9.18 Å². The Kier molecular flexibility index (Phi) is 5.34. The normalized spacial score (nSPS) is 10.8. The predicted molar refractivity (Wildman–Crippen MR) is 102 cm³/mol. The van der Waals surface area contributed by atoms with Gasteiger partial charge in [0.15, 0.2) is 0 Å². The fourth-order valence-corrected chi connectivity index (χ4v) is 3.19. The average molecular weight is 391 g/mol. The molecule has 3 rings (SSSR count). The molecule has 0 saturated heterocycles. The lowest BCUT2D eigenvalue weighted by atomic mass is 10.2. The molecule has 26 heavy (non-hydrogen) atoms. The molecule has 134 valence electrons. The van der Waals surface area contributed by atoms with Gasteiger partial charge in [-0.05, 0) is 45.0 Å². The summed E-state index contributed by atoms with van der Waals surface area (Å²) in [6.45, 7) is 5.26. The zero-order valence-electron chi connectivity index (χ0n) is 14.4. The molecule has 1 aromatic heterocycles. The Balaban J connectivity index is 1.97. The molecule has 0 radical (unpaired) electrons. The fraction of sp³-hybridized carbons (Fsp3) is 0.158. The van der Waals surface area contributed by atoms with Crippen molar-refractivity contribution in [3.8, 4) is 11.6 Å². The van der Waals surface area contributed by atoms with E-state index in [-0.39, 0.29) is 22.1 Å². The molecule has 0 unspecified atom stereocenters. The number of nitrogens with zero attached hydrogens (tertiary/aromatic N) is 2. The Morgan fingerprint density at radius 3 is 2.50 bits per heavy atom. The van der Waals surface area contributed by atoms with Gasteiger partial charge in [-0.15, -0.1) is 0 Å². The second-order valence-corrected chi connectivity index (χ2v) is 6.97. The Labute approximate surface area is 159 Å². The maximum absolute atomic E-state index is 13.7. The first-order valence-electron chi connectivity index (χ1n) is 7.84. The van der Waals surface area contributed by atoms with Crippen LogP contribution in [0.1, 0.15) is 17.0 Å². The van der Waals surface area contributed by atoms with E-state index in [0.29, 0.717) is 11.4 Å². The highest BCUT2D eigenvalue weighted by molar-refractivity contribution is 7.95. The lowest BCUT2D eigenvalue weighted by molar-refractivity contribution is 0.591. The molecular weight excluding hydrogens is 375 g/mol. The van der Waals surface area contributed by atoms with E-state index in [4.69, 9.17) is 15.8 Å². The summed E-state index contributed by atoms with van der Waals surface area (Å²) < 4.78 is 20.7. The molecule has 0 atom stereocenters. The largest absolute Gasteiger partial charge is 0.400 e. The molecule has 0 aliphatic rings. The van der Waals surface area contributed by atoms with Crippen molar-refractivity contribution in [2.75, 3.05) is 0 Å². The molecule has 0 aliphatic heterocycles. The molecule has 2 aromatic carbocycles. The van der Waals surface area contributed by atoms with E-state index in [1.54, 1.807) is 19.9 Å². The van der Waals surface area contributed by atoms with Crippen molar-refractivity contribution in [1.82, 2.24) is 9.55 Å². The fourth-order valence-electron chi connectivity index (χ4n) is 2.40. The van der Waals surface area contributed by atoms with Gasteiger partial charge in [0.25, 0.3) is 5.56 Å². The van der Waals surface area contributed by atoms with Crippen LogP contribution in [0.15, 0.2) is 52.2 Å². The SMILES string of the molecule is Cc1ccc(SOc2nc(C)n(-c3cccc(F)c3Cl)c(=O)c2C)cc1. The molecule has 0 amide bonds. The van der Waals surface area contributed by atoms with Gasteiger partial charge in [-0.1, -0.05) is 35.4 Å². The van der Waals surface area contributed by atoms with Crippen LogP contribution in [0.25, 0.3) is 5.69 Å². The summed E-state index contributed by atoms with van der Waals surface area (Å²) in [7, 11) is 0. The Hall–Kier alpha value is -2.31. The summed E-state index contributed by atoms with van der Waals surface area (Å²) in [6, 6.07) is 12.1. The average Bonchev–Trinajstić information content (AvgIpc) is 2.62. The Morgan fingerprint density at radius 1 is 1.12 bits per heavy atom. The van der Waals surface area contributed by atoms with Gasteiger partial charge in [0.2, 0.25) is 5.88 Å². The van der Waals surface area contributed by atoms with Crippen molar-refractivity contribution >= 4 is 23.6 Å². The highest BCUT2D eigenvalue weighted by atomic mass is 35.5. The van der Waals surface area contributed by atoms with Crippen LogP contribution in [-0.4, -0.2) is 9.55 Å². The quantitative estimate of drug-likeness (QED) is 0.585. The van der Waals surface area contributed by atoms with Crippen LogP contribution in [0.2, 0.25) is 5.02 Å². The van der Waals surface area contributed by atoms with Gasteiger partial charge in [0, 0.05) is 4.90 Å². The first-order valence-corrected chi connectivity index (χ1v) is 8.96. The van der Waals surface area contributed by atoms with Crippen molar-refractivity contribution in [3.05, 3.63) is 80.6 Å². The van der Waals surface area contributed by atoms with Crippen LogP contribution in [0.3, 0.4) is 0 Å². The zero-order chi connectivity index (χ0) is 18.8. The first-order chi connectivity index (χ1) is 12.4. The molecule has 1 heterocycles. The van der Waals surface area contributed by atoms with Crippen LogP contribution in [0, 0.1) is 26.6 Å². The summed E-state index contributed by atoms with van der Waals surface area (Å²) >= 11 is 7.14. The molecule has 4 nitrogen and oxygen atoms in total. The number of aryl methyl sites for hydroxylation is 2. The van der Waals surface area contributed by atoms with E-state index < -0.39 is 5.82 Å². The Morgan fingerprint density at radius 2 is 1.81 bits per heavy atom. The zero-order valence-corrected chi connectivity index (χ0v) is 16.0. The van der Waals surface area contributed by atoms with Gasteiger partial charge >= 0.3 is 0 Å². The second-order valence-electron chi connectivity index (χ2n) is 5.78. The van der Waals surface area contributed by atoms with Crippen LogP contribution in [-0.2, 0) is 0 Å². The predicted octanol–water partition coefficient (Wildman–Crippen LogP) is 5.04. The lowest BCUT2D eigenvalue weighted by Gasteiger charge is -2.14. The third kappa shape index (κ3) is 3.61. The van der Waals surface area contributed by atoms with Crippen molar-refractivity contribution in [1.29, 1.82) is 0 Å². The van der Waals surface area contributed by atoms with Gasteiger partial charge in [0.1, 0.15) is 16.7 Å². The maximum atomic E-state index is 13.7. The summed E-state index contributed by atoms with van der Waals surface area (Å²) in [5.41, 5.74) is 1.36. The third-order valence-corrected chi connectivity index (χ3v) is 4.92. The molecule has 7 heteroatoms. The van der Waals surface area contributed by atoms with Crippen LogP contribution in [0.4, 0.5) is 4.39 Å². The van der Waals surface area contributed by atoms with Crippen LogP contribution >= 0.6 is 23.6 Å². The van der Waals surface area contributed by atoms with Crippen molar-refractivity contribution in [2.45, 2.75) is 25.7 Å². The highest BCUT2D eigenvalue weighted by Gasteiger charge is 2.17. The van der Waals surface area contributed by atoms with Crippen molar-refractivity contribution in [3.63, 3.8) is 0 Å². The minimum Gasteiger partial charge on any atom is -0.400 e. The second kappa shape index (κ2) is 7.51. The minimum absolute atomic E-state index is 0.124. The van der Waals surface area contributed by atoms with Crippen LogP contribution < -0.4 is 9.74 Å². The standard InChI is InChI=1S/C19H16ClFN2O2S/c1-11-7-9-14(10-8-11)26-25-18-12(2)19(24)23(13(3)22-18)16-6-4-5-15(21)17(16)20/h4-10H,1-3H3. The third-order valence-electron chi connectivity index (χ3n) is 3.84. The first kappa shape index (κ1) is 18.5. The molecule has 0 spiro atoms. The van der Waals surface area contributed by atoms with E-state index >= 15 is 0 Å². The summed E-state index contributed by atoms with van der Waals surface area (Å²) in [5, 5.41) is -0.124. The van der Waals surface area contributed by atoms with Crippen molar-refractivity contribution < 1.29 is 8.57 Å². The molecule has 0 aliphatic carbocycles. The number of hydrogen-bond acceptors (Lipinski definition) is 4. The van der Waals surface area contributed by atoms with E-state index in [2.05, 4.69) is 4.98 Å². The van der Waals surface area contributed by atoms with Crippen molar-refractivity contribution in [2.24, 2.45) is 0 Å². The minimum atomic E-state index is -0.594. The van der Waals surface area contributed by atoms with Gasteiger partial charge < -0.3 is 4.18 Å². The molecular formula is C19H16ClFN2O2S. The van der Waals surface area contributed by atoms with Crippen LogP contribution in [0.5, 0.6) is 5.88 Å². The van der Waals surface area contributed by atoms with Gasteiger partial charge in [-0.25, -0.2) is 4.39 Å². The number of aromatic nitrogens is 2. The number of benzene rings is 2. The lowest BCUT2D eigenvalue weighted by Crippen LogP contribution is -2.25. The van der Waals surface area contributed by atoms with E-state index in [1.165, 1.54) is 16.7 Å². The van der Waals surface area contributed by atoms with Gasteiger partial charge in [-0.2, -0.15) is 4.98 Å². The topological polar surface area (TPSA) is 44.1 Å².